The number of carbonyl (C=O) groups is 1. The summed E-state index contributed by atoms with van der Waals surface area (Å²) in [6.45, 7) is 2.03. The Hall–Kier alpha value is -3.68. The summed E-state index contributed by atoms with van der Waals surface area (Å²) in [5, 5.41) is 7.47. The number of piperazine rings is 1. The SMILES string of the molecule is O=C(NCc1cn(-c2ccccc2)c2cc(Cl)ccc2c1=O)c1ccc(N2C[C@@H]3C[C@H]2CN3)nc1. The number of aromatic nitrogens is 2. The summed E-state index contributed by atoms with van der Waals surface area (Å²) in [5.41, 5.74) is 2.44. The van der Waals surface area contributed by atoms with E-state index in [9.17, 15) is 9.59 Å². The van der Waals surface area contributed by atoms with E-state index < -0.39 is 0 Å². The molecule has 2 fully saturated rings. The third-order valence-electron chi connectivity index (χ3n) is 6.88. The number of anilines is 1. The maximum Gasteiger partial charge on any atom is 0.253 e. The predicted molar refractivity (Wildman–Crippen MR) is 138 cm³/mol. The van der Waals surface area contributed by atoms with Gasteiger partial charge in [0.25, 0.3) is 5.91 Å². The highest BCUT2D eigenvalue weighted by atomic mass is 35.5. The van der Waals surface area contributed by atoms with Gasteiger partial charge >= 0.3 is 0 Å². The maximum atomic E-state index is 13.2. The molecular formula is C27H24ClN5O2. The van der Waals surface area contributed by atoms with E-state index in [1.807, 2.05) is 41.0 Å². The molecule has 0 aliphatic carbocycles. The Balaban J connectivity index is 1.24. The largest absolute Gasteiger partial charge is 0.351 e. The fraction of sp³-hybridized carbons (Fsp3) is 0.222. The molecule has 6 rings (SSSR count). The molecule has 4 heterocycles. The molecule has 7 nitrogen and oxygen atoms in total. The lowest BCUT2D eigenvalue weighted by atomic mass is 10.1. The Morgan fingerprint density at radius 2 is 2.00 bits per heavy atom. The molecule has 2 aliphatic rings. The zero-order valence-electron chi connectivity index (χ0n) is 18.9. The maximum absolute atomic E-state index is 13.2. The number of pyridine rings is 2. The molecule has 2 aliphatic heterocycles. The lowest BCUT2D eigenvalue weighted by molar-refractivity contribution is 0.0950. The van der Waals surface area contributed by atoms with E-state index in [-0.39, 0.29) is 17.9 Å². The van der Waals surface area contributed by atoms with Gasteiger partial charge in [0.15, 0.2) is 5.43 Å². The van der Waals surface area contributed by atoms with Gasteiger partial charge in [-0.15, -0.1) is 0 Å². The average Bonchev–Trinajstić information content (AvgIpc) is 3.53. The summed E-state index contributed by atoms with van der Waals surface area (Å²) in [4.78, 5) is 32.9. The molecule has 1 amide bonds. The van der Waals surface area contributed by atoms with Crippen LogP contribution in [-0.4, -0.2) is 40.6 Å². The molecule has 2 aromatic heterocycles. The minimum atomic E-state index is -0.268. The smallest absolute Gasteiger partial charge is 0.253 e. The van der Waals surface area contributed by atoms with Crippen LogP contribution < -0.4 is 21.0 Å². The monoisotopic (exact) mass is 485 g/mol. The van der Waals surface area contributed by atoms with Crippen molar-refractivity contribution in [3.63, 3.8) is 0 Å². The standard InChI is InChI=1S/C27H24ClN5O2/c28-19-7-8-23-24(10-19)32(21-4-2-1-3-5-21)15-18(26(23)34)13-31-27(35)17-6-9-25(30-12-17)33-16-20-11-22(33)14-29-20/h1-10,12,15,20,22,29H,11,13-14,16H2,(H,31,35)/t20-,22-/m0/s1. The summed E-state index contributed by atoms with van der Waals surface area (Å²) < 4.78 is 1.93. The fourth-order valence-corrected chi connectivity index (χ4v) is 5.26. The van der Waals surface area contributed by atoms with Crippen LogP contribution in [0.4, 0.5) is 5.82 Å². The first-order valence-electron chi connectivity index (χ1n) is 11.7. The van der Waals surface area contributed by atoms with Crippen molar-refractivity contribution in [3.05, 3.63) is 99.4 Å². The second-order valence-corrected chi connectivity index (χ2v) is 9.52. The van der Waals surface area contributed by atoms with Crippen LogP contribution in [0, 0.1) is 0 Å². The van der Waals surface area contributed by atoms with Gasteiger partial charge in [0.1, 0.15) is 5.82 Å². The van der Waals surface area contributed by atoms with Crippen LogP contribution in [0.3, 0.4) is 0 Å². The van der Waals surface area contributed by atoms with Crippen molar-refractivity contribution >= 4 is 34.2 Å². The number of carbonyl (C=O) groups excluding carboxylic acids is 1. The summed E-state index contributed by atoms with van der Waals surface area (Å²) in [5.74, 6) is 0.630. The van der Waals surface area contributed by atoms with Crippen molar-refractivity contribution in [1.82, 2.24) is 20.2 Å². The number of amides is 1. The van der Waals surface area contributed by atoms with Gasteiger partial charge in [-0.25, -0.2) is 4.98 Å². The van der Waals surface area contributed by atoms with E-state index in [0.717, 1.165) is 36.5 Å². The normalized spacial score (nSPS) is 18.8. The highest BCUT2D eigenvalue weighted by molar-refractivity contribution is 6.31. The molecule has 8 heteroatoms. The second-order valence-electron chi connectivity index (χ2n) is 9.09. The molecule has 0 saturated carbocycles. The quantitative estimate of drug-likeness (QED) is 0.452. The number of nitrogens with zero attached hydrogens (tertiary/aromatic N) is 3. The Morgan fingerprint density at radius 3 is 2.71 bits per heavy atom. The predicted octanol–water partition coefficient (Wildman–Crippen LogP) is 3.52. The van der Waals surface area contributed by atoms with Crippen molar-refractivity contribution in [2.45, 2.75) is 25.0 Å². The molecule has 35 heavy (non-hydrogen) atoms. The lowest BCUT2D eigenvalue weighted by Crippen LogP contribution is -2.44. The Morgan fingerprint density at radius 1 is 1.14 bits per heavy atom. The Kier molecular flexibility index (Phi) is 5.51. The minimum Gasteiger partial charge on any atom is -0.351 e. The van der Waals surface area contributed by atoms with Crippen LogP contribution in [0.2, 0.25) is 5.02 Å². The molecular weight excluding hydrogens is 462 g/mol. The summed E-state index contributed by atoms with van der Waals surface area (Å²) in [6.07, 6.45) is 4.52. The summed E-state index contributed by atoms with van der Waals surface area (Å²) >= 11 is 6.23. The van der Waals surface area contributed by atoms with Crippen molar-refractivity contribution in [2.75, 3.05) is 18.0 Å². The van der Waals surface area contributed by atoms with Crippen LogP contribution in [0.5, 0.6) is 0 Å². The number of hydrogen-bond donors (Lipinski definition) is 2. The van der Waals surface area contributed by atoms with Crippen LogP contribution >= 0.6 is 11.6 Å². The van der Waals surface area contributed by atoms with Crippen LogP contribution in [0.25, 0.3) is 16.6 Å². The third kappa shape index (κ3) is 4.07. The second kappa shape index (κ2) is 8.83. The summed E-state index contributed by atoms with van der Waals surface area (Å²) in [7, 11) is 0. The number of benzene rings is 2. The van der Waals surface area contributed by atoms with Gasteiger partial charge in [0, 0.05) is 65.8 Å². The third-order valence-corrected chi connectivity index (χ3v) is 7.11. The molecule has 4 aromatic rings. The first-order valence-corrected chi connectivity index (χ1v) is 12.1. The van der Waals surface area contributed by atoms with E-state index in [1.54, 1.807) is 36.7 Å². The molecule has 176 valence electrons. The first-order chi connectivity index (χ1) is 17.1. The molecule has 2 atom stereocenters. The number of para-hydroxylation sites is 1. The molecule has 2 N–H and O–H groups in total. The zero-order valence-corrected chi connectivity index (χ0v) is 19.7. The van der Waals surface area contributed by atoms with E-state index in [1.165, 1.54) is 0 Å². The van der Waals surface area contributed by atoms with Crippen molar-refractivity contribution < 1.29 is 4.79 Å². The summed E-state index contributed by atoms with van der Waals surface area (Å²) in [6, 6.07) is 19.6. The van der Waals surface area contributed by atoms with Crippen molar-refractivity contribution in [2.24, 2.45) is 0 Å². The fourth-order valence-electron chi connectivity index (χ4n) is 5.09. The van der Waals surface area contributed by atoms with Gasteiger partial charge in [-0.3, -0.25) is 9.59 Å². The van der Waals surface area contributed by atoms with Crippen molar-refractivity contribution in [1.29, 1.82) is 0 Å². The molecule has 0 radical (unpaired) electrons. The van der Waals surface area contributed by atoms with Gasteiger partial charge in [-0.2, -0.15) is 0 Å². The number of hydrogen-bond acceptors (Lipinski definition) is 5. The van der Waals surface area contributed by atoms with Gasteiger partial charge in [0.2, 0.25) is 0 Å². The molecule has 2 bridgehead atoms. The highest BCUT2D eigenvalue weighted by Crippen LogP contribution is 2.28. The zero-order chi connectivity index (χ0) is 23.9. The van der Waals surface area contributed by atoms with Gasteiger partial charge < -0.3 is 20.1 Å². The highest BCUT2D eigenvalue weighted by Gasteiger charge is 2.38. The topological polar surface area (TPSA) is 79.3 Å². The van der Waals surface area contributed by atoms with E-state index in [4.69, 9.17) is 11.6 Å². The van der Waals surface area contributed by atoms with Crippen molar-refractivity contribution in [3.8, 4) is 5.69 Å². The number of fused-ring (bicyclic) bond motifs is 3. The average molecular weight is 486 g/mol. The lowest BCUT2D eigenvalue weighted by Gasteiger charge is -2.28. The molecule has 0 unspecified atom stereocenters. The number of halogens is 1. The van der Waals surface area contributed by atoms with Crippen LogP contribution in [0.15, 0.2) is 77.9 Å². The molecule has 2 aromatic carbocycles. The first kappa shape index (κ1) is 21.8. The van der Waals surface area contributed by atoms with Crippen LogP contribution in [0.1, 0.15) is 22.3 Å². The molecule has 0 spiro atoms. The minimum absolute atomic E-state index is 0.104. The Labute approximate surface area is 207 Å². The Bertz CT molecular complexity index is 1470. The van der Waals surface area contributed by atoms with E-state index in [2.05, 4.69) is 20.5 Å². The van der Waals surface area contributed by atoms with Gasteiger partial charge in [-0.05, 0) is 48.9 Å². The molecule has 2 saturated heterocycles. The van der Waals surface area contributed by atoms with Gasteiger partial charge in [-0.1, -0.05) is 29.8 Å². The van der Waals surface area contributed by atoms with E-state index in [0.29, 0.717) is 33.6 Å². The number of rotatable bonds is 5. The van der Waals surface area contributed by atoms with Gasteiger partial charge in [0.05, 0.1) is 11.1 Å². The van der Waals surface area contributed by atoms with Crippen LogP contribution in [-0.2, 0) is 6.54 Å². The van der Waals surface area contributed by atoms with E-state index >= 15 is 0 Å². The number of nitrogens with one attached hydrogen (secondary N) is 2.